The number of nitrogens with two attached hydrogens (primary N) is 1. The number of carbonyl (C=O) groups is 2. The lowest BCUT2D eigenvalue weighted by atomic mass is 10.0. The van der Waals surface area contributed by atoms with Crippen molar-refractivity contribution in [3.8, 4) is 0 Å². The van der Waals surface area contributed by atoms with Gasteiger partial charge in [-0.15, -0.1) is 11.3 Å². The second-order valence-corrected chi connectivity index (χ2v) is 9.72. The van der Waals surface area contributed by atoms with Crippen LogP contribution in [0.4, 0.5) is 5.82 Å². The SMILES string of the molecule is CC(C)[C@H](Nc1nc(CN2CCN(C(=O)Cc3cccs3)CC2)nc2ccccc12)C(N)=O. The highest BCUT2D eigenvalue weighted by Crippen LogP contribution is 2.23. The van der Waals surface area contributed by atoms with E-state index >= 15 is 0 Å². The second-order valence-electron chi connectivity index (χ2n) is 8.69. The third-order valence-corrected chi connectivity index (χ3v) is 6.79. The molecule has 0 radical (unpaired) electrons. The van der Waals surface area contributed by atoms with Crippen molar-refractivity contribution in [1.29, 1.82) is 0 Å². The number of nitrogens with one attached hydrogen (secondary N) is 1. The molecule has 174 valence electrons. The number of hydrogen-bond acceptors (Lipinski definition) is 7. The van der Waals surface area contributed by atoms with Crippen molar-refractivity contribution < 1.29 is 9.59 Å². The molecule has 1 atom stereocenters. The van der Waals surface area contributed by atoms with E-state index in [1.807, 2.05) is 60.5 Å². The minimum absolute atomic E-state index is 0.0273. The molecule has 1 fully saturated rings. The van der Waals surface area contributed by atoms with Crippen LogP contribution in [-0.4, -0.2) is 63.8 Å². The van der Waals surface area contributed by atoms with Crippen molar-refractivity contribution in [2.75, 3.05) is 31.5 Å². The number of benzene rings is 1. The van der Waals surface area contributed by atoms with Gasteiger partial charge in [0.25, 0.3) is 0 Å². The maximum Gasteiger partial charge on any atom is 0.240 e. The summed E-state index contributed by atoms with van der Waals surface area (Å²) < 4.78 is 0. The van der Waals surface area contributed by atoms with Crippen LogP contribution in [0.15, 0.2) is 41.8 Å². The first-order valence-corrected chi connectivity index (χ1v) is 12.1. The van der Waals surface area contributed by atoms with Gasteiger partial charge in [0.15, 0.2) is 0 Å². The maximum atomic E-state index is 12.6. The molecule has 0 saturated carbocycles. The summed E-state index contributed by atoms with van der Waals surface area (Å²) in [5.74, 6) is 1.10. The lowest BCUT2D eigenvalue weighted by molar-refractivity contribution is -0.132. The van der Waals surface area contributed by atoms with Crippen molar-refractivity contribution in [3.63, 3.8) is 0 Å². The van der Waals surface area contributed by atoms with Crippen molar-refractivity contribution in [2.24, 2.45) is 11.7 Å². The number of para-hydroxylation sites is 1. The molecule has 1 saturated heterocycles. The summed E-state index contributed by atoms with van der Waals surface area (Å²) in [4.78, 5) is 39.3. The van der Waals surface area contributed by atoms with E-state index in [1.165, 1.54) is 0 Å². The van der Waals surface area contributed by atoms with Gasteiger partial charge in [-0.1, -0.05) is 32.0 Å². The molecule has 3 heterocycles. The number of carbonyl (C=O) groups excluding carboxylic acids is 2. The first kappa shape index (κ1) is 23.1. The van der Waals surface area contributed by atoms with Crippen LogP contribution in [0, 0.1) is 5.92 Å². The largest absolute Gasteiger partial charge is 0.368 e. The third-order valence-electron chi connectivity index (χ3n) is 5.91. The molecule has 3 N–H and O–H groups in total. The van der Waals surface area contributed by atoms with E-state index in [1.54, 1.807) is 11.3 Å². The van der Waals surface area contributed by atoms with E-state index in [0.717, 1.165) is 28.9 Å². The minimum Gasteiger partial charge on any atom is -0.368 e. The molecule has 9 heteroatoms. The Morgan fingerprint density at radius 1 is 1.09 bits per heavy atom. The molecule has 1 aliphatic heterocycles. The van der Waals surface area contributed by atoms with Crippen molar-refractivity contribution in [2.45, 2.75) is 32.9 Å². The third kappa shape index (κ3) is 5.66. The Morgan fingerprint density at radius 2 is 1.85 bits per heavy atom. The van der Waals surface area contributed by atoms with Gasteiger partial charge in [-0.2, -0.15) is 0 Å². The van der Waals surface area contributed by atoms with Gasteiger partial charge in [-0.3, -0.25) is 14.5 Å². The highest BCUT2D eigenvalue weighted by Gasteiger charge is 2.24. The van der Waals surface area contributed by atoms with Gasteiger partial charge in [-0.25, -0.2) is 9.97 Å². The standard InChI is InChI=1S/C24H30N6O2S/c1-16(2)22(23(25)32)28-24-18-7-3-4-8-19(18)26-20(27-24)15-29-9-11-30(12-10-29)21(31)14-17-6-5-13-33-17/h3-8,13,16,22H,9-12,14-15H2,1-2H3,(H2,25,32)(H,26,27,28)/t22-/m0/s1. The van der Waals surface area contributed by atoms with E-state index in [9.17, 15) is 9.59 Å². The zero-order chi connectivity index (χ0) is 23.4. The van der Waals surface area contributed by atoms with Gasteiger partial charge in [0, 0.05) is 36.4 Å². The van der Waals surface area contributed by atoms with E-state index < -0.39 is 11.9 Å². The molecule has 0 bridgehead atoms. The summed E-state index contributed by atoms with van der Waals surface area (Å²) >= 11 is 1.62. The molecule has 0 spiro atoms. The molecule has 0 aliphatic carbocycles. The molecule has 2 aromatic heterocycles. The summed E-state index contributed by atoms with van der Waals surface area (Å²) in [6.07, 6.45) is 0.470. The fraction of sp³-hybridized carbons (Fsp3) is 0.417. The average molecular weight is 467 g/mol. The molecule has 1 aromatic carbocycles. The van der Waals surface area contributed by atoms with Crippen LogP contribution in [-0.2, 0) is 22.6 Å². The minimum atomic E-state index is -0.519. The quantitative estimate of drug-likeness (QED) is 0.529. The van der Waals surface area contributed by atoms with Crippen LogP contribution in [0.5, 0.6) is 0 Å². The number of anilines is 1. The Kier molecular flexibility index (Phi) is 7.20. The number of primary amides is 1. The summed E-state index contributed by atoms with van der Waals surface area (Å²) in [5.41, 5.74) is 6.43. The van der Waals surface area contributed by atoms with Gasteiger partial charge in [-0.05, 0) is 29.5 Å². The Balaban J connectivity index is 1.44. The Hall–Kier alpha value is -3.04. The van der Waals surface area contributed by atoms with Crippen LogP contribution in [0.1, 0.15) is 24.5 Å². The molecule has 1 aliphatic rings. The number of amides is 2. The van der Waals surface area contributed by atoms with Crippen LogP contribution >= 0.6 is 11.3 Å². The highest BCUT2D eigenvalue weighted by molar-refractivity contribution is 7.10. The maximum absolute atomic E-state index is 12.6. The van der Waals surface area contributed by atoms with E-state index in [2.05, 4.69) is 10.2 Å². The Labute approximate surface area is 197 Å². The van der Waals surface area contributed by atoms with Gasteiger partial charge in [0.05, 0.1) is 18.5 Å². The fourth-order valence-electron chi connectivity index (χ4n) is 4.05. The topological polar surface area (TPSA) is 104 Å². The Bertz CT molecular complexity index is 1110. The van der Waals surface area contributed by atoms with Crippen molar-refractivity contribution >= 4 is 39.9 Å². The highest BCUT2D eigenvalue weighted by atomic mass is 32.1. The van der Waals surface area contributed by atoms with E-state index in [-0.39, 0.29) is 11.8 Å². The number of aromatic nitrogens is 2. The number of thiophene rings is 1. The van der Waals surface area contributed by atoms with Gasteiger partial charge in [0.2, 0.25) is 11.8 Å². The predicted molar refractivity (Wildman–Crippen MR) is 131 cm³/mol. The van der Waals surface area contributed by atoms with Gasteiger partial charge >= 0.3 is 0 Å². The number of fused-ring (bicyclic) bond motifs is 1. The molecule has 0 unspecified atom stereocenters. The summed E-state index contributed by atoms with van der Waals surface area (Å²) in [7, 11) is 0. The van der Waals surface area contributed by atoms with Gasteiger partial charge < -0.3 is 16.0 Å². The predicted octanol–water partition coefficient (Wildman–Crippen LogP) is 2.50. The monoisotopic (exact) mass is 466 g/mol. The van der Waals surface area contributed by atoms with Crippen molar-refractivity contribution in [1.82, 2.24) is 19.8 Å². The van der Waals surface area contributed by atoms with Crippen molar-refractivity contribution in [3.05, 3.63) is 52.5 Å². The molecular formula is C24H30N6O2S. The normalized spacial score (nSPS) is 15.7. The van der Waals surface area contributed by atoms with Crippen LogP contribution < -0.4 is 11.1 Å². The van der Waals surface area contributed by atoms with E-state index in [0.29, 0.717) is 37.7 Å². The van der Waals surface area contributed by atoms with Crippen LogP contribution in [0.3, 0.4) is 0 Å². The number of piperazine rings is 1. The number of nitrogens with zero attached hydrogens (tertiary/aromatic N) is 4. The first-order valence-electron chi connectivity index (χ1n) is 11.2. The lowest BCUT2D eigenvalue weighted by Gasteiger charge is -2.34. The summed E-state index contributed by atoms with van der Waals surface area (Å²) in [6, 6.07) is 11.2. The summed E-state index contributed by atoms with van der Waals surface area (Å²) in [6.45, 7) is 7.41. The fourth-order valence-corrected chi connectivity index (χ4v) is 4.74. The second kappa shape index (κ2) is 10.3. The molecule has 4 rings (SSSR count). The Morgan fingerprint density at radius 3 is 2.52 bits per heavy atom. The van der Waals surface area contributed by atoms with Crippen LogP contribution in [0.25, 0.3) is 10.9 Å². The number of hydrogen-bond donors (Lipinski definition) is 2. The smallest absolute Gasteiger partial charge is 0.240 e. The lowest BCUT2D eigenvalue weighted by Crippen LogP contribution is -2.48. The van der Waals surface area contributed by atoms with Crippen LogP contribution in [0.2, 0.25) is 0 Å². The molecular weight excluding hydrogens is 436 g/mol. The average Bonchev–Trinajstić information content (AvgIpc) is 3.30. The molecule has 3 aromatic rings. The molecule has 33 heavy (non-hydrogen) atoms. The number of rotatable bonds is 8. The zero-order valence-electron chi connectivity index (χ0n) is 19.0. The first-order chi connectivity index (χ1) is 15.9. The molecule has 2 amide bonds. The zero-order valence-corrected chi connectivity index (χ0v) is 19.8. The molecule has 8 nitrogen and oxygen atoms in total. The van der Waals surface area contributed by atoms with Gasteiger partial charge in [0.1, 0.15) is 17.7 Å². The van der Waals surface area contributed by atoms with E-state index in [4.69, 9.17) is 15.7 Å². The summed E-state index contributed by atoms with van der Waals surface area (Å²) in [5, 5.41) is 6.10.